The minimum absolute atomic E-state index is 0.115. The largest absolute Gasteiger partial charge is 0.504 e. The van der Waals surface area contributed by atoms with E-state index in [4.69, 9.17) is 9.15 Å². The van der Waals surface area contributed by atoms with Gasteiger partial charge in [-0.25, -0.2) is 0 Å². The number of phenols is 1. The molecule has 2 aliphatic carbocycles. The van der Waals surface area contributed by atoms with Crippen molar-refractivity contribution in [2.45, 2.75) is 56.8 Å². The first kappa shape index (κ1) is 17.0. The fraction of sp³-hybridized carbons (Fsp3) is 0.524. The number of rotatable bonds is 4. The lowest BCUT2D eigenvalue weighted by Gasteiger charge is -2.34. The van der Waals surface area contributed by atoms with E-state index >= 15 is 0 Å². The number of aromatic hydroxyl groups is 1. The summed E-state index contributed by atoms with van der Waals surface area (Å²) < 4.78 is 11.0. The Bertz CT molecular complexity index is 879. The van der Waals surface area contributed by atoms with Crippen LogP contribution in [0.1, 0.15) is 62.7 Å². The average molecular weight is 353 g/mol. The van der Waals surface area contributed by atoms with E-state index in [9.17, 15) is 15.2 Å². The zero-order valence-electron chi connectivity index (χ0n) is 15.0. The molecule has 0 unspecified atom stereocenters. The van der Waals surface area contributed by atoms with Crippen LogP contribution in [0.3, 0.4) is 0 Å². The lowest BCUT2D eigenvalue weighted by Crippen LogP contribution is -2.33. The third kappa shape index (κ3) is 2.74. The lowest BCUT2D eigenvalue weighted by atomic mass is 9.67. The van der Waals surface area contributed by atoms with Gasteiger partial charge >= 0.3 is 5.97 Å². The quantitative estimate of drug-likeness (QED) is 0.816. The molecule has 1 aromatic heterocycles. The number of furan rings is 1. The van der Waals surface area contributed by atoms with Crippen molar-refractivity contribution in [3.05, 3.63) is 29.5 Å². The van der Waals surface area contributed by atoms with Gasteiger partial charge in [-0.1, -0.05) is 6.07 Å². The van der Waals surface area contributed by atoms with E-state index in [2.05, 4.69) is 6.07 Å². The van der Waals surface area contributed by atoms with Gasteiger partial charge in [0.05, 0.1) is 24.0 Å². The molecule has 1 N–H and O–H groups in total. The number of carbonyl (C=O) groups is 1. The molecule has 0 spiro atoms. The first-order chi connectivity index (χ1) is 12.6. The van der Waals surface area contributed by atoms with Crippen molar-refractivity contribution >= 4 is 16.9 Å². The molecule has 0 aliphatic heterocycles. The van der Waals surface area contributed by atoms with Gasteiger partial charge in [0, 0.05) is 11.3 Å². The molecular weight excluding hydrogens is 330 g/mol. The molecule has 136 valence electrons. The molecule has 0 atom stereocenters. The Balaban J connectivity index is 1.68. The van der Waals surface area contributed by atoms with Crippen LogP contribution >= 0.6 is 0 Å². The highest BCUT2D eigenvalue weighted by atomic mass is 16.5. The Morgan fingerprint density at radius 1 is 1.35 bits per heavy atom. The average Bonchev–Trinajstić information content (AvgIpc) is 3.41. The fourth-order valence-corrected chi connectivity index (χ4v) is 4.16. The Labute approximate surface area is 152 Å². The van der Waals surface area contributed by atoms with E-state index in [0.29, 0.717) is 43.8 Å². The second-order valence-electron chi connectivity index (χ2n) is 7.52. The number of phenolic OH excluding ortho intramolecular Hbond substituents is 1. The number of carbonyl (C=O) groups excluding carboxylic acids is 1. The molecule has 1 heterocycles. The molecule has 4 rings (SSSR count). The summed E-state index contributed by atoms with van der Waals surface area (Å²) in [5.74, 6) is 1.16. The number of hydrogen-bond donors (Lipinski definition) is 1. The second-order valence-corrected chi connectivity index (χ2v) is 7.52. The molecule has 5 heteroatoms. The summed E-state index contributed by atoms with van der Waals surface area (Å²) >= 11 is 0. The van der Waals surface area contributed by atoms with Crippen LogP contribution in [-0.2, 0) is 14.9 Å². The van der Waals surface area contributed by atoms with Crippen LogP contribution in [0.5, 0.6) is 5.75 Å². The molecule has 5 nitrogen and oxygen atoms in total. The van der Waals surface area contributed by atoms with E-state index in [1.807, 2.05) is 19.1 Å². The molecule has 2 fully saturated rings. The van der Waals surface area contributed by atoms with E-state index in [1.54, 1.807) is 6.07 Å². The van der Waals surface area contributed by atoms with Gasteiger partial charge in [0.15, 0.2) is 11.3 Å². The number of benzene rings is 1. The summed E-state index contributed by atoms with van der Waals surface area (Å²) in [6, 6.07) is 7.98. The summed E-state index contributed by atoms with van der Waals surface area (Å²) in [5, 5.41) is 21.1. The van der Waals surface area contributed by atoms with Crippen LogP contribution in [0, 0.1) is 17.2 Å². The molecule has 0 bridgehead atoms. The van der Waals surface area contributed by atoms with Crippen molar-refractivity contribution in [3.8, 4) is 11.8 Å². The van der Waals surface area contributed by atoms with Gasteiger partial charge < -0.3 is 14.3 Å². The zero-order chi connectivity index (χ0) is 18.3. The van der Waals surface area contributed by atoms with Gasteiger partial charge in [-0.05, 0) is 63.1 Å². The van der Waals surface area contributed by atoms with Crippen LogP contribution in [0.15, 0.2) is 22.6 Å². The van der Waals surface area contributed by atoms with E-state index < -0.39 is 5.41 Å². The number of ether oxygens (including phenoxy) is 1. The first-order valence-electron chi connectivity index (χ1n) is 9.41. The van der Waals surface area contributed by atoms with E-state index in [-0.39, 0.29) is 17.6 Å². The number of fused-ring (bicyclic) bond motifs is 1. The maximum Gasteiger partial charge on any atom is 0.308 e. The number of esters is 1. The Kier molecular flexibility index (Phi) is 4.14. The first-order valence-corrected chi connectivity index (χ1v) is 9.41. The Morgan fingerprint density at radius 3 is 2.69 bits per heavy atom. The van der Waals surface area contributed by atoms with E-state index in [0.717, 1.165) is 29.6 Å². The van der Waals surface area contributed by atoms with Crippen LogP contribution in [0.4, 0.5) is 0 Å². The predicted octanol–water partition coefficient (Wildman–Crippen LogP) is 4.53. The van der Waals surface area contributed by atoms with Crippen molar-refractivity contribution in [2.75, 3.05) is 6.61 Å². The Morgan fingerprint density at radius 2 is 2.08 bits per heavy atom. The summed E-state index contributed by atoms with van der Waals surface area (Å²) in [7, 11) is 0. The standard InChI is InChI=1S/C21H23NO4/c1-2-25-20(24)14-7-9-21(12-22,10-8-14)16-5-6-17(23)19-15(16)11-18(26-19)13-3-4-13/h5-6,11,13-14,23H,2-4,7-10H2,1H3. The molecular formula is C21H23NO4. The van der Waals surface area contributed by atoms with Crippen molar-refractivity contribution in [1.82, 2.24) is 0 Å². The number of hydrogen-bond acceptors (Lipinski definition) is 5. The molecule has 1 aromatic carbocycles. The second kappa shape index (κ2) is 6.35. The maximum absolute atomic E-state index is 12.0. The molecule has 2 aromatic rings. The van der Waals surface area contributed by atoms with Gasteiger partial charge in [-0.2, -0.15) is 5.26 Å². The number of nitriles is 1. The summed E-state index contributed by atoms with van der Waals surface area (Å²) in [6.45, 7) is 2.19. The zero-order valence-corrected chi connectivity index (χ0v) is 15.0. The lowest BCUT2D eigenvalue weighted by molar-refractivity contribution is -0.149. The highest BCUT2D eigenvalue weighted by Crippen LogP contribution is 2.48. The van der Waals surface area contributed by atoms with Crippen molar-refractivity contribution < 1.29 is 19.1 Å². The maximum atomic E-state index is 12.0. The van der Waals surface area contributed by atoms with Crippen molar-refractivity contribution in [1.29, 1.82) is 5.26 Å². The summed E-state index contributed by atoms with van der Waals surface area (Å²) in [5.41, 5.74) is 0.733. The van der Waals surface area contributed by atoms with Gasteiger partial charge in [-0.15, -0.1) is 0 Å². The van der Waals surface area contributed by atoms with Crippen LogP contribution in [0.25, 0.3) is 11.0 Å². The van der Waals surface area contributed by atoms with Crippen LogP contribution in [-0.4, -0.2) is 17.7 Å². The SMILES string of the molecule is CCOC(=O)C1CCC(C#N)(c2ccc(O)c3oc(C4CC4)cc23)CC1. The normalized spacial score (nSPS) is 25.8. The van der Waals surface area contributed by atoms with Crippen LogP contribution < -0.4 is 0 Å². The van der Waals surface area contributed by atoms with E-state index in [1.165, 1.54) is 0 Å². The van der Waals surface area contributed by atoms with Gasteiger partial charge in [-0.3, -0.25) is 4.79 Å². The third-order valence-electron chi connectivity index (χ3n) is 5.85. The predicted molar refractivity (Wildman–Crippen MR) is 95.7 cm³/mol. The number of nitrogens with zero attached hydrogens (tertiary/aromatic N) is 1. The molecule has 0 saturated heterocycles. The minimum Gasteiger partial charge on any atom is -0.504 e. The van der Waals surface area contributed by atoms with Crippen LogP contribution in [0.2, 0.25) is 0 Å². The highest BCUT2D eigenvalue weighted by Gasteiger charge is 2.41. The molecule has 0 amide bonds. The smallest absolute Gasteiger partial charge is 0.308 e. The van der Waals surface area contributed by atoms with Gasteiger partial charge in [0.25, 0.3) is 0 Å². The van der Waals surface area contributed by atoms with Gasteiger partial charge in [0.1, 0.15) is 5.76 Å². The third-order valence-corrected chi connectivity index (χ3v) is 5.85. The fourth-order valence-electron chi connectivity index (χ4n) is 4.16. The Hall–Kier alpha value is -2.48. The molecule has 26 heavy (non-hydrogen) atoms. The van der Waals surface area contributed by atoms with Crippen molar-refractivity contribution in [3.63, 3.8) is 0 Å². The highest BCUT2D eigenvalue weighted by molar-refractivity contribution is 5.88. The minimum atomic E-state index is -0.653. The molecule has 2 saturated carbocycles. The topological polar surface area (TPSA) is 83.5 Å². The monoisotopic (exact) mass is 353 g/mol. The molecule has 2 aliphatic rings. The summed E-state index contributed by atoms with van der Waals surface area (Å²) in [6.07, 6.45) is 4.72. The van der Waals surface area contributed by atoms with Gasteiger partial charge in [0.2, 0.25) is 0 Å². The summed E-state index contributed by atoms with van der Waals surface area (Å²) in [4.78, 5) is 12.0. The van der Waals surface area contributed by atoms with Crippen molar-refractivity contribution in [2.24, 2.45) is 5.92 Å². The molecule has 0 radical (unpaired) electrons.